The van der Waals surface area contributed by atoms with E-state index in [1.54, 1.807) is 12.0 Å². The molecule has 5 aromatic rings. The molecule has 1 aliphatic rings. The zero-order valence-electron chi connectivity index (χ0n) is 25.2. The fourth-order valence-corrected chi connectivity index (χ4v) is 6.36. The van der Waals surface area contributed by atoms with Gasteiger partial charge in [0.2, 0.25) is 0 Å². The van der Waals surface area contributed by atoms with E-state index in [9.17, 15) is 4.79 Å². The van der Waals surface area contributed by atoms with E-state index >= 15 is 0 Å². The number of aliphatic imine (C=N–C) groups is 1. The first-order valence-corrected chi connectivity index (χ1v) is 15.7. The maximum absolute atomic E-state index is 13.8. The smallest absolute Gasteiger partial charge is 0.267 e. The Morgan fingerprint density at radius 3 is 2.31 bits per heavy atom. The van der Waals surface area contributed by atoms with Crippen LogP contribution in [0.4, 0.5) is 0 Å². The molecule has 224 valence electrons. The van der Waals surface area contributed by atoms with Crippen LogP contribution in [0.5, 0.6) is 11.5 Å². The topological polar surface area (TPSA) is 51.1 Å². The molecule has 1 amide bonds. The zero-order chi connectivity index (χ0) is 31.0. The van der Waals surface area contributed by atoms with E-state index < -0.39 is 0 Å². The van der Waals surface area contributed by atoms with Crippen LogP contribution in [0.3, 0.4) is 0 Å². The largest absolute Gasteiger partial charge is 0.493 e. The third-order valence-electron chi connectivity index (χ3n) is 7.60. The molecule has 0 saturated carbocycles. The van der Waals surface area contributed by atoms with E-state index in [0.717, 1.165) is 33.2 Å². The van der Waals surface area contributed by atoms with Crippen molar-refractivity contribution in [1.29, 1.82) is 0 Å². The average molecular weight is 611 g/mol. The van der Waals surface area contributed by atoms with Crippen molar-refractivity contribution in [3.05, 3.63) is 161 Å². The summed E-state index contributed by atoms with van der Waals surface area (Å²) in [5, 5.41) is 3.02. The number of carbonyl (C=O) groups is 1. The van der Waals surface area contributed by atoms with Crippen molar-refractivity contribution in [2.75, 3.05) is 7.11 Å². The number of amidine groups is 1. The molecule has 0 N–H and O–H groups in total. The predicted octanol–water partition coefficient (Wildman–Crippen LogP) is 8.83. The van der Waals surface area contributed by atoms with Gasteiger partial charge in [-0.05, 0) is 69.4 Å². The summed E-state index contributed by atoms with van der Waals surface area (Å²) in [4.78, 5) is 21.1. The summed E-state index contributed by atoms with van der Waals surface area (Å²) in [6, 6.07) is 38.6. The molecule has 0 aromatic heterocycles. The second-order valence-electron chi connectivity index (χ2n) is 10.7. The number of methoxy groups -OCH3 is 1. The molecule has 6 rings (SSSR count). The van der Waals surface area contributed by atoms with Gasteiger partial charge in [-0.1, -0.05) is 109 Å². The molecule has 0 unspecified atom stereocenters. The summed E-state index contributed by atoms with van der Waals surface area (Å²) in [6.07, 6.45) is 4.35. The number of rotatable bonds is 11. The number of fused-ring (bicyclic) bond motifs is 1. The summed E-state index contributed by atoms with van der Waals surface area (Å²) in [7, 11) is 1.64. The second kappa shape index (κ2) is 14.1. The van der Waals surface area contributed by atoms with Gasteiger partial charge in [-0.3, -0.25) is 14.7 Å². The molecule has 5 nitrogen and oxygen atoms in total. The molecule has 6 heteroatoms. The van der Waals surface area contributed by atoms with Crippen LogP contribution in [0.2, 0.25) is 0 Å². The van der Waals surface area contributed by atoms with E-state index in [2.05, 4.69) is 30.8 Å². The fraction of sp³-hybridized carbons (Fsp3) is 0.128. The van der Waals surface area contributed by atoms with Gasteiger partial charge in [0.1, 0.15) is 6.61 Å². The lowest BCUT2D eigenvalue weighted by atomic mass is 10.0. The van der Waals surface area contributed by atoms with Crippen LogP contribution >= 0.6 is 11.8 Å². The lowest BCUT2D eigenvalue weighted by molar-refractivity contribution is -0.122. The number of hydrogen-bond acceptors (Lipinski definition) is 5. The Bertz CT molecular complexity index is 1880. The summed E-state index contributed by atoms with van der Waals surface area (Å²) in [5.74, 6) is 1.21. The Kier molecular flexibility index (Phi) is 9.42. The van der Waals surface area contributed by atoms with Crippen LogP contribution in [-0.4, -0.2) is 23.1 Å². The summed E-state index contributed by atoms with van der Waals surface area (Å²) < 4.78 is 12.3. The Hall–Kier alpha value is -5.07. The molecule has 5 aromatic carbocycles. The van der Waals surface area contributed by atoms with E-state index in [0.29, 0.717) is 47.7 Å². The van der Waals surface area contributed by atoms with Crippen molar-refractivity contribution >= 4 is 39.7 Å². The van der Waals surface area contributed by atoms with E-state index in [-0.39, 0.29) is 5.91 Å². The van der Waals surface area contributed by atoms with Gasteiger partial charge in [-0.15, -0.1) is 6.58 Å². The maximum atomic E-state index is 13.8. The van der Waals surface area contributed by atoms with Crippen LogP contribution < -0.4 is 9.47 Å². The number of benzene rings is 5. The number of thioether (sulfide) groups is 1. The van der Waals surface area contributed by atoms with E-state index in [4.69, 9.17) is 14.5 Å². The molecule has 1 fully saturated rings. The van der Waals surface area contributed by atoms with Gasteiger partial charge in [0.05, 0.1) is 25.1 Å². The van der Waals surface area contributed by atoms with E-state index in [1.807, 2.05) is 103 Å². The molecule has 1 aliphatic heterocycles. The van der Waals surface area contributed by atoms with Gasteiger partial charge in [-0.2, -0.15) is 0 Å². The highest BCUT2D eigenvalue weighted by molar-refractivity contribution is 8.18. The van der Waals surface area contributed by atoms with Gasteiger partial charge < -0.3 is 9.47 Å². The molecule has 1 saturated heterocycles. The monoisotopic (exact) mass is 610 g/mol. The first kappa shape index (κ1) is 30.0. The molecule has 0 aliphatic carbocycles. The van der Waals surface area contributed by atoms with Gasteiger partial charge >= 0.3 is 0 Å². The SMILES string of the molecule is C=CCc1cc(/C=C2/SC(=NCc3ccccc3)N(Cc3ccccc3)C2=O)cc(OC)c1OCc1cccc2ccccc12. The summed E-state index contributed by atoms with van der Waals surface area (Å²) in [6.45, 7) is 5.31. The van der Waals surface area contributed by atoms with Gasteiger partial charge in [-0.25, -0.2) is 0 Å². The lowest BCUT2D eigenvalue weighted by Gasteiger charge is -2.17. The van der Waals surface area contributed by atoms with E-state index in [1.165, 1.54) is 17.1 Å². The minimum absolute atomic E-state index is 0.0730. The first-order valence-electron chi connectivity index (χ1n) is 14.9. The second-order valence-corrected chi connectivity index (χ2v) is 11.7. The Morgan fingerprint density at radius 2 is 1.56 bits per heavy atom. The van der Waals surface area contributed by atoms with Gasteiger partial charge in [0.25, 0.3) is 5.91 Å². The van der Waals surface area contributed by atoms with Crippen molar-refractivity contribution < 1.29 is 14.3 Å². The zero-order valence-corrected chi connectivity index (χ0v) is 26.0. The number of carbonyl (C=O) groups excluding carboxylic acids is 1. The molecule has 0 spiro atoms. The van der Waals surface area contributed by atoms with Crippen LogP contribution in [0.25, 0.3) is 16.8 Å². The number of allylic oxidation sites excluding steroid dienone is 1. The molecule has 1 heterocycles. The van der Waals surface area contributed by atoms with Crippen molar-refractivity contribution in [1.82, 2.24) is 4.90 Å². The Labute approximate surface area is 268 Å². The quantitative estimate of drug-likeness (QED) is 0.111. The molecule has 45 heavy (non-hydrogen) atoms. The number of hydrogen-bond donors (Lipinski definition) is 0. The maximum Gasteiger partial charge on any atom is 0.267 e. The third kappa shape index (κ3) is 7.03. The number of ether oxygens (including phenoxy) is 2. The van der Waals surface area contributed by atoms with Crippen molar-refractivity contribution in [3.63, 3.8) is 0 Å². The number of amides is 1. The first-order chi connectivity index (χ1) is 22.1. The third-order valence-corrected chi connectivity index (χ3v) is 8.64. The fourth-order valence-electron chi connectivity index (χ4n) is 5.38. The van der Waals surface area contributed by atoms with Gasteiger partial charge in [0, 0.05) is 5.56 Å². The predicted molar refractivity (Wildman–Crippen MR) is 185 cm³/mol. The highest BCUT2D eigenvalue weighted by Gasteiger charge is 2.33. The molecule has 0 bridgehead atoms. The van der Waals surface area contributed by atoms with Crippen molar-refractivity contribution in [3.8, 4) is 11.5 Å². The molecule has 0 atom stereocenters. The highest BCUT2D eigenvalue weighted by atomic mass is 32.2. The average Bonchev–Trinajstić information content (AvgIpc) is 3.36. The minimum atomic E-state index is -0.0730. The van der Waals surface area contributed by atoms with Crippen LogP contribution in [0.15, 0.2) is 138 Å². The minimum Gasteiger partial charge on any atom is -0.493 e. The highest BCUT2D eigenvalue weighted by Crippen LogP contribution is 2.38. The summed E-state index contributed by atoms with van der Waals surface area (Å²) >= 11 is 1.40. The van der Waals surface area contributed by atoms with Crippen molar-refractivity contribution in [2.24, 2.45) is 4.99 Å². The normalized spacial score (nSPS) is 14.8. The van der Waals surface area contributed by atoms with Crippen molar-refractivity contribution in [2.45, 2.75) is 26.1 Å². The number of nitrogens with zero attached hydrogens (tertiary/aromatic N) is 2. The standard InChI is InChI=1S/C39H34N2O3S/c1-3-13-32-22-30(23-35(43-2)37(32)44-27-33-20-12-19-31-18-10-11-21-34(31)33)24-36-38(42)41(26-29-16-8-5-9-17-29)39(45-36)40-25-28-14-6-4-7-15-28/h3-12,14-24H,1,13,25-27H2,2H3/b36-24+,40-39?. The Morgan fingerprint density at radius 1 is 0.844 bits per heavy atom. The molecule has 0 radical (unpaired) electrons. The van der Waals surface area contributed by atoms with Crippen LogP contribution in [0.1, 0.15) is 27.8 Å². The van der Waals surface area contributed by atoms with Crippen LogP contribution in [0, 0.1) is 0 Å². The van der Waals surface area contributed by atoms with Crippen LogP contribution in [-0.2, 0) is 30.9 Å². The lowest BCUT2D eigenvalue weighted by Crippen LogP contribution is -2.28. The molecular formula is C39H34N2O3S. The molecular weight excluding hydrogens is 577 g/mol. The summed E-state index contributed by atoms with van der Waals surface area (Å²) in [5.41, 5.74) is 5.02. The Balaban J connectivity index is 1.30. The van der Waals surface area contributed by atoms with Gasteiger partial charge in [0.15, 0.2) is 16.7 Å².